The number of fused-ring (bicyclic) bond motifs is 6. The zero-order valence-corrected chi connectivity index (χ0v) is 17.0. The summed E-state index contributed by atoms with van der Waals surface area (Å²) in [6.07, 6.45) is 0. The summed E-state index contributed by atoms with van der Waals surface area (Å²) >= 11 is 0. The molecule has 0 bridgehead atoms. The molecule has 6 aromatic rings. The summed E-state index contributed by atoms with van der Waals surface area (Å²) in [6, 6.07) is 19.9. The summed E-state index contributed by atoms with van der Waals surface area (Å²) in [7, 11) is 4.11. The SMILES string of the molecule is [2H]C([2H])([2H])c1nc2oc3c(-c4n(C)c5ccccc5[n+]4C)c(C)ccc3c2c2ccccc12. The molecule has 0 amide bonds. The lowest BCUT2D eigenvalue weighted by atomic mass is 10.0. The topological polar surface area (TPSA) is 34.8 Å². The largest absolute Gasteiger partial charge is 0.437 e. The molecule has 4 nitrogen and oxygen atoms in total. The van der Waals surface area contributed by atoms with Crippen molar-refractivity contribution < 1.29 is 13.1 Å². The first-order valence-electron chi connectivity index (χ1n) is 11.5. The van der Waals surface area contributed by atoms with Gasteiger partial charge in [0, 0.05) is 20.6 Å². The van der Waals surface area contributed by atoms with Crippen LogP contribution >= 0.6 is 0 Å². The number of furan rings is 1. The zero-order valence-electron chi connectivity index (χ0n) is 20.0. The van der Waals surface area contributed by atoms with Crippen LogP contribution in [0.25, 0.3) is 55.3 Å². The van der Waals surface area contributed by atoms with E-state index in [4.69, 9.17) is 8.53 Å². The highest BCUT2D eigenvalue weighted by Gasteiger charge is 2.27. The van der Waals surface area contributed by atoms with Crippen molar-refractivity contribution >= 4 is 43.9 Å². The van der Waals surface area contributed by atoms with Crippen LogP contribution in [0.1, 0.15) is 15.4 Å². The molecule has 0 aliphatic carbocycles. The molecular weight excluding hydrogens is 370 g/mol. The molecule has 0 fully saturated rings. The van der Waals surface area contributed by atoms with Crippen LogP contribution in [0.4, 0.5) is 0 Å². The Balaban J connectivity index is 1.80. The monoisotopic (exact) mass is 395 g/mol. The third-order valence-electron chi connectivity index (χ3n) is 6.18. The van der Waals surface area contributed by atoms with E-state index < -0.39 is 6.85 Å². The van der Waals surface area contributed by atoms with Crippen LogP contribution in [-0.2, 0) is 14.1 Å². The molecule has 3 aromatic carbocycles. The first-order valence-corrected chi connectivity index (χ1v) is 9.96. The number of hydrogen-bond acceptors (Lipinski definition) is 2. The lowest BCUT2D eigenvalue weighted by Crippen LogP contribution is -2.30. The van der Waals surface area contributed by atoms with E-state index in [9.17, 15) is 0 Å². The van der Waals surface area contributed by atoms with Gasteiger partial charge in [-0.15, -0.1) is 0 Å². The van der Waals surface area contributed by atoms with Crippen molar-refractivity contribution in [1.82, 2.24) is 9.55 Å². The highest BCUT2D eigenvalue weighted by Crippen LogP contribution is 2.40. The highest BCUT2D eigenvalue weighted by atomic mass is 16.3. The molecule has 0 saturated carbocycles. The van der Waals surface area contributed by atoms with E-state index in [2.05, 4.69) is 53.3 Å². The number of rotatable bonds is 1. The molecule has 0 aliphatic rings. The Hall–Kier alpha value is -3.66. The van der Waals surface area contributed by atoms with Crippen LogP contribution in [-0.4, -0.2) is 9.55 Å². The third-order valence-corrected chi connectivity index (χ3v) is 6.18. The Bertz CT molecular complexity index is 1700. The van der Waals surface area contributed by atoms with Gasteiger partial charge in [0.2, 0.25) is 5.71 Å². The van der Waals surface area contributed by atoms with Gasteiger partial charge in [0.15, 0.2) is 16.6 Å². The minimum Gasteiger partial charge on any atom is -0.437 e. The average Bonchev–Trinajstić information content (AvgIpc) is 3.29. The summed E-state index contributed by atoms with van der Waals surface area (Å²) in [6.45, 7) is -0.271. The molecule has 3 heterocycles. The second-order valence-electron chi connectivity index (χ2n) is 7.85. The molecule has 0 N–H and O–H groups in total. The van der Waals surface area contributed by atoms with Gasteiger partial charge in [-0.25, -0.2) is 14.1 Å². The second kappa shape index (κ2) is 5.92. The minimum absolute atomic E-state index is 0.0677. The maximum absolute atomic E-state index is 8.02. The molecule has 0 saturated heterocycles. The molecule has 4 heteroatoms. The fourth-order valence-corrected chi connectivity index (χ4v) is 4.75. The van der Waals surface area contributed by atoms with Crippen molar-refractivity contribution in [3.63, 3.8) is 0 Å². The van der Waals surface area contributed by atoms with Crippen LogP contribution in [0, 0.1) is 13.8 Å². The Labute approximate surface area is 178 Å². The van der Waals surface area contributed by atoms with E-state index in [1.807, 2.05) is 42.5 Å². The van der Waals surface area contributed by atoms with Gasteiger partial charge in [-0.1, -0.05) is 48.5 Å². The standard InChI is InChI=1S/C26H22N3O/c1-15-13-14-19-23-18-10-6-5-9-17(18)16(2)27-25(23)30-24(19)22(15)26-28(3)20-11-7-8-12-21(20)29(26)4/h5-14H,1-4H3/q+1/i2D3. The van der Waals surface area contributed by atoms with E-state index in [0.29, 0.717) is 16.7 Å². The van der Waals surface area contributed by atoms with Crippen molar-refractivity contribution in [1.29, 1.82) is 0 Å². The molecule has 146 valence electrons. The number of para-hydroxylation sites is 2. The number of pyridine rings is 1. The maximum atomic E-state index is 8.02. The van der Waals surface area contributed by atoms with E-state index in [1.165, 1.54) is 0 Å². The second-order valence-corrected chi connectivity index (χ2v) is 7.85. The van der Waals surface area contributed by atoms with E-state index in [1.54, 1.807) is 0 Å². The average molecular weight is 396 g/mol. The Morgan fingerprint density at radius 1 is 0.967 bits per heavy atom. The van der Waals surface area contributed by atoms with Gasteiger partial charge in [0.25, 0.3) is 5.82 Å². The van der Waals surface area contributed by atoms with Crippen molar-refractivity contribution in [3.8, 4) is 11.4 Å². The van der Waals surface area contributed by atoms with Crippen molar-refractivity contribution in [2.75, 3.05) is 0 Å². The Morgan fingerprint density at radius 2 is 1.73 bits per heavy atom. The van der Waals surface area contributed by atoms with Gasteiger partial charge < -0.3 is 4.42 Å². The maximum Gasteiger partial charge on any atom is 0.293 e. The van der Waals surface area contributed by atoms with Crippen LogP contribution < -0.4 is 4.57 Å². The van der Waals surface area contributed by atoms with Crippen LogP contribution in [0.15, 0.2) is 65.1 Å². The number of aryl methyl sites for hydroxylation is 4. The zero-order chi connectivity index (χ0) is 23.1. The highest BCUT2D eigenvalue weighted by molar-refractivity contribution is 6.20. The number of nitrogens with zero attached hydrogens (tertiary/aromatic N) is 3. The molecule has 0 unspecified atom stereocenters. The molecule has 0 atom stereocenters. The van der Waals surface area contributed by atoms with Gasteiger partial charge in [-0.05, 0) is 36.9 Å². The predicted molar refractivity (Wildman–Crippen MR) is 122 cm³/mol. The normalized spacial score (nSPS) is 13.9. The van der Waals surface area contributed by atoms with Crippen LogP contribution in [0.5, 0.6) is 0 Å². The smallest absolute Gasteiger partial charge is 0.293 e. The van der Waals surface area contributed by atoms with E-state index >= 15 is 0 Å². The molecule has 30 heavy (non-hydrogen) atoms. The lowest BCUT2D eigenvalue weighted by Gasteiger charge is -2.05. The molecule has 0 aliphatic heterocycles. The number of hydrogen-bond donors (Lipinski definition) is 0. The fourth-order valence-electron chi connectivity index (χ4n) is 4.75. The number of benzene rings is 3. The lowest BCUT2D eigenvalue weighted by molar-refractivity contribution is -0.634. The molecule has 0 radical (unpaired) electrons. The number of imidazole rings is 1. The van der Waals surface area contributed by atoms with Crippen molar-refractivity contribution in [3.05, 3.63) is 71.9 Å². The third kappa shape index (κ3) is 2.11. The molecule has 0 spiro atoms. The van der Waals surface area contributed by atoms with Gasteiger partial charge in [-0.2, -0.15) is 0 Å². The molecule has 3 aromatic heterocycles. The van der Waals surface area contributed by atoms with Gasteiger partial charge in [0.05, 0.1) is 19.5 Å². The van der Waals surface area contributed by atoms with Gasteiger partial charge >= 0.3 is 0 Å². The van der Waals surface area contributed by atoms with Crippen molar-refractivity contribution in [2.45, 2.75) is 13.8 Å². The Morgan fingerprint density at radius 3 is 2.53 bits per heavy atom. The summed E-state index contributed by atoms with van der Waals surface area (Å²) < 4.78 is 34.8. The quantitative estimate of drug-likeness (QED) is 0.333. The number of aromatic nitrogens is 3. The molecular formula is C26H22N3O+. The van der Waals surface area contributed by atoms with Gasteiger partial charge in [0.1, 0.15) is 5.56 Å². The van der Waals surface area contributed by atoms with Crippen LogP contribution in [0.3, 0.4) is 0 Å². The minimum atomic E-state index is -2.34. The Kier molecular flexibility index (Phi) is 2.83. The summed E-state index contributed by atoms with van der Waals surface area (Å²) in [4.78, 5) is 4.52. The molecule has 6 rings (SSSR count). The van der Waals surface area contributed by atoms with E-state index in [0.717, 1.165) is 44.1 Å². The van der Waals surface area contributed by atoms with E-state index in [-0.39, 0.29) is 5.69 Å². The fraction of sp³-hybridized carbons (Fsp3) is 0.154. The first-order chi connectivity index (χ1) is 15.8. The summed E-state index contributed by atoms with van der Waals surface area (Å²) in [5, 5.41) is 3.24. The summed E-state index contributed by atoms with van der Waals surface area (Å²) in [5.41, 5.74) is 5.43. The van der Waals surface area contributed by atoms with Crippen molar-refractivity contribution in [2.24, 2.45) is 14.1 Å². The first kappa shape index (κ1) is 14.3. The summed E-state index contributed by atoms with van der Waals surface area (Å²) in [5.74, 6) is 1.01. The van der Waals surface area contributed by atoms with Crippen LogP contribution in [0.2, 0.25) is 0 Å². The predicted octanol–water partition coefficient (Wildman–Crippen LogP) is 5.73. The van der Waals surface area contributed by atoms with Gasteiger partial charge in [-0.3, -0.25) is 0 Å².